The highest BCUT2D eigenvalue weighted by Crippen LogP contribution is 2.28. The Morgan fingerprint density at radius 1 is 1.15 bits per heavy atom. The topological polar surface area (TPSA) is 42.9 Å². The molecule has 2 aliphatic heterocycles. The number of para-hydroxylation sites is 1. The van der Waals surface area contributed by atoms with Gasteiger partial charge in [-0.05, 0) is 40.9 Å². The van der Waals surface area contributed by atoms with Gasteiger partial charge >= 0.3 is 6.18 Å². The highest BCUT2D eigenvalue weighted by Gasteiger charge is 2.34. The molecule has 2 aliphatic rings. The summed E-state index contributed by atoms with van der Waals surface area (Å²) in [4.78, 5) is 8.01. The second-order valence-corrected chi connectivity index (χ2v) is 7.93. The van der Waals surface area contributed by atoms with Crippen molar-refractivity contribution in [3.05, 3.63) is 28.7 Å². The van der Waals surface area contributed by atoms with Crippen LogP contribution in [0.2, 0.25) is 0 Å². The van der Waals surface area contributed by atoms with Gasteiger partial charge in [0.15, 0.2) is 5.96 Å². The maximum absolute atomic E-state index is 12.5. The summed E-state index contributed by atoms with van der Waals surface area (Å²) in [5, 5.41) is 6.69. The lowest BCUT2D eigenvalue weighted by Crippen LogP contribution is -2.49. The standard InChI is InChI=1S/C18H25BrF3N5/c1-23-17(24-13-6-8-26(10-13)12-18(20,21)22)25-14-7-9-27(11-14)16-5-3-2-4-15(16)19/h2-5,13-14H,6-12H2,1H3,(H2,23,24,25). The van der Waals surface area contributed by atoms with E-state index in [2.05, 4.69) is 42.5 Å². The Morgan fingerprint density at radius 3 is 2.48 bits per heavy atom. The van der Waals surface area contributed by atoms with Crippen LogP contribution in [-0.4, -0.2) is 68.9 Å². The number of hydrogen-bond donors (Lipinski definition) is 2. The Kier molecular flexibility index (Phi) is 6.52. The molecule has 9 heteroatoms. The van der Waals surface area contributed by atoms with Crippen molar-refractivity contribution in [3.8, 4) is 0 Å². The molecule has 1 aromatic rings. The lowest BCUT2D eigenvalue weighted by molar-refractivity contribution is -0.143. The number of likely N-dealkylation sites (tertiary alicyclic amines) is 1. The SMILES string of the molecule is CN=C(NC1CCN(CC(F)(F)F)C1)NC1CCN(c2ccccc2Br)C1. The zero-order valence-electron chi connectivity index (χ0n) is 15.3. The van der Waals surface area contributed by atoms with Crippen LogP contribution in [0.4, 0.5) is 18.9 Å². The number of halogens is 4. The molecule has 2 unspecified atom stereocenters. The number of hydrogen-bond acceptors (Lipinski definition) is 3. The van der Waals surface area contributed by atoms with Gasteiger partial charge < -0.3 is 15.5 Å². The molecular weight excluding hydrogens is 423 g/mol. The number of alkyl halides is 3. The van der Waals surface area contributed by atoms with Gasteiger partial charge in [0.1, 0.15) is 0 Å². The third-order valence-corrected chi connectivity index (χ3v) is 5.63. The first-order valence-corrected chi connectivity index (χ1v) is 9.92. The molecule has 0 aromatic heterocycles. The lowest BCUT2D eigenvalue weighted by atomic mass is 10.2. The van der Waals surface area contributed by atoms with Crippen LogP contribution in [0.15, 0.2) is 33.7 Å². The predicted octanol–water partition coefficient (Wildman–Crippen LogP) is 2.83. The first-order chi connectivity index (χ1) is 12.8. The molecule has 2 N–H and O–H groups in total. The number of aliphatic imine (C=N–C) groups is 1. The number of rotatable bonds is 4. The molecule has 2 saturated heterocycles. The van der Waals surface area contributed by atoms with Crippen molar-refractivity contribution in [1.29, 1.82) is 0 Å². The van der Waals surface area contributed by atoms with Gasteiger partial charge in [-0.3, -0.25) is 9.89 Å². The number of nitrogens with zero attached hydrogens (tertiary/aromatic N) is 3. The van der Waals surface area contributed by atoms with E-state index in [1.165, 1.54) is 10.6 Å². The highest BCUT2D eigenvalue weighted by molar-refractivity contribution is 9.10. The van der Waals surface area contributed by atoms with Crippen LogP contribution < -0.4 is 15.5 Å². The Hall–Kier alpha value is -1.48. The number of benzene rings is 1. The molecule has 0 saturated carbocycles. The molecule has 0 aliphatic carbocycles. The van der Waals surface area contributed by atoms with Crippen molar-refractivity contribution in [2.24, 2.45) is 4.99 Å². The predicted molar refractivity (Wildman–Crippen MR) is 105 cm³/mol. The maximum Gasteiger partial charge on any atom is 0.401 e. The van der Waals surface area contributed by atoms with E-state index in [-0.39, 0.29) is 12.1 Å². The summed E-state index contributed by atoms with van der Waals surface area (Å²) in [6, 6.07) is 8.37. The van der Waals surface area contributed by atoms with E-state index < -0.39 is 12.7 Å². The molecule has 0 radical (unpaired) electrons. The average molecular weight is 448 g/mol. The molecule has 3 rings (SSSR count). The van der Waals surface area contributed by atoms with Crippen LogP contribution in [0.5, 0.6) is 0 Å². The number of guanidine groups is 1. The molecular formula is C18H25BrF3N5. The fourth-order valence-electron chi connectivity index (χ4n) is 3.71. The Labute approximate surface area is 166 Å². The van der Waals surface area contributed by atoms with E-state index in [0.717, 1.165) is 24.0 Å². The van der Waals surface area contributed by atoms with E-state index in [1.54, 1.807) is 7.05 Å². The monoisotopic (exact) mass is 447 g/mol. The van der Waals surface area contributed by atoms with Crippen LogP contribution >= 0.6 is 15.9 Å². The summed E-state index contributed by atoms with van der Waals surface area (Å²) in [6.45, 7) is 1.79. The van der Waals surface area contributed by atoms with Crippen molar-refractivity contribution in [2.45, 2.75) is 31.1 Å². The largest absolute Gasteiger partial charge is 0.401 e. The van der Waals surface area contributed by atoms with Crippen molar-refractivity contribution < 1.29 is 13.2 Å². The zero-order chi connectivity index (χ0) is 19.4. The summed E-state index contributed by atoms with van der Waals surface area (Å²) >= 11 is 3.59. The van der Waals surface area contributed by atoms with E-state index in [9.17, 15) is 13.2 Å². The normalized spacial score (nSPS) is 24.5. The van der Waals surface area contributed by atoms with Gasteiger partial charge in [-0.2, -0.15) is 13.2 Å². The molecule has 2 heterocycles. The van der Waals surface area contributed by atoms with Gasteiger partial charge in [0.25, 0.3) is 0 Å². The maximum atomic E-state index is 12.5. The van der Waals surface area contributed by atoms with Gasteiger partial charge in [-0.25, -0.2) is 0 Å². The van der Waals surface area contributed by atoms with E-state index in [0.29, 0.717) is 25.5 Å². The smallest absolute Gasteiger partial charge is 0.368 e. The Bertz CT molecular complexity index is 667. The first kappa shape index (κ1) is 20.3. The van der Waals surface area contributed by atoms with Gasteiger partial charge in [0, 0.05) is 49.8 Å². The van der Waals surface area contributed by atoms with Crippen LogP contribution in [0.3, 0.4) is 0 Å². The minimum Gasteiger partial charge on any atom is -0.368 e. The van der Waals surface area contributed by atoms with E-state index in [1.807, 2.05) is 18.2 Å². The summed E-state index contributed by atoms with van der Waals surface area (Å²) in [6.07, 6.45) is -2.48. The van der Waals surface area contributed by atoms with Gasteiger partial charge in [0.05, 0.1) is 12.2 Å². The van der Waals surface area contributed by atoms with Gasteiger partial charge in [0.2, 0.25) is 0 Å². The fraction of sp³-hybridized carbons (Fsp3) is 0.611. The number of nitrogens with one attached hydrogen (secondary N) is 2. The highest BCUT2D eigenvalue weighted by atomic mass is 79.9. The third kappa shape index (κ3) is 5.75. The molecule has 2 atom stereocenters. The van der Waals surface area contributed by atoms with Gasteiger partial charge in [-0.1, -0.05) is 12.1 Å². The number of anilines is 1. The van der Waals surface area contributed by atoms with Crippen molar-refractivity contribution in [1.82, 2.24) is 15.5 Å². The molecule has 0 spiro atoms. The molecule has 0 bridgehead atoms. The van der Waals surface area contributed by atoms with Crippen LogP contribution in [0.25, 0.3) is 0 Å². The summed E-state index contributed by atoms with van der Waals surface area (Å²) in [7, 11) is 1.69. The lowest BCUT2D eigenvalue weighted by Gasteiger charge is -2.23. The van der Waals surface area contributed by atoms with Gasteiger partial charge in [-0.15, -0.1) is 0 Å². The van der Waals surface area contributed by atoms with Crippen LogP contribution in [0, 0.1) is 0 Å². The van der Waals surface area contributed by atoms with Crippen LogP contribution in [-0.2, 0) is 0 Å². The molecule has 1 aromatic carbocycles. The first-order valence-electron chi connectivity index (χ1n) is 9.12. The second-order valence-electron chi connectivity index (χ2n) is 7.08. The quantitative estimate of drug-likeness (QED) is 0.550. The fourth-order valence-corrected chi connectivity index (χ4v) is 4.25. The van der Waals surface area contributed by atoms with Crippen molar-refractivity contribution in [2.75, 3.05) is 44.7 Å². The van der Waals surface area contributed by atoms with Crippen molar-refractivity contribution >= 4 is 27.6 Å². The third-order valence-electron chi connectivity index (χ3n) is 4.96. The minimum absolute atomic E-state index is 0.0145. The van der Waals surface area contributed by atoms with E-state index >= 15 is 0 Å². The molecule has 0 amide bonds. The average Bonchev–Trinajstić information content (AvgIpc) is 3.23. The second kappa shape index (κ2) is 8.68. The Balaban J connectivity index is 1.48. The Morgan fingerprint density at radius 2 is 1.81 bits per heavy atom. The molecule has 2 fully saturated rings. The van der Waals surface area contributed by atoms with Crippen molar-refractivity contribution in [3.63, 3.8) is 0 Å². The van der Waals surface area contributed by atoms with Crippen LogP contribution in [0.1, 0.15) is 12.8 Å². The molecule has 5 nitrogen and oxygen atoms in total. The summed E-state index contributed by atoms with van der Waals surface area (Å²) < 4.78 is 38.7. The minimum atomic E-state index is -4.15. The van der Waals surface area contributed by atoms with E-state index in [4.69, 9.17) is 0 Å². The summed E-state index contributed by atoms with van der Waals surface area (Å²) in [5.74, 6) is 0.660. The molecule has 150 valence electrons. The zero-order valence-corrected chi connectivity index (χ0v) is 16.9. The molecule has 27 heavy (non-hydrogen) atoms. The summed E-state index contributed by atoms with van der Waals surface area (Å²) in [5.41, 5.74) is 1.17.